The van der Waals surface area contributed by atoms with Crippen LogP contribution in [0.25, 0.3) is 11.1 Å². The van der Waals surface area contributed by atoms with Crippen LogP contribution in [-0.2, 0) is 20.7 Å². The molecule has 0 radical (unpaired) electrons. The highest BCUT2D eigenvalue weighted by Crippen LogP contribution is 2.50. The lowest BCUT2D eigenvalue weighted by molar-refractivity contribution is -0.133. The van der Waals surface area contributed by atoms with Crippen LogP contribution in [0.3, 0.4) is 0 Å². The van der Waals surface area contributed by atoms with E-state index < -0.39 is 0 Å². The normalized spacial score (nSPS) is 20.1. The number of ether oxygens (including phenoxy) is 4. The molecule has 11 nitrogen and oxygen atoms in total. The van der Waals surface area contributed by atoms with E-state index in [1.807, 2.05) is 17.0 Å². The summed E-state index contributed by atoms with van der Waals surface area (Å²) in [5.41, 5.74) is 3.50. The predicted octanol–water partition coefficient (Wildman–Crippen LogP) is 4.79. The first-order valence-electron chi connectivity index (χ1n) is 17.8. The topological polar surface area (TPSA) is 119 Å². The molecule has 49 heavy (non-hydrogen) atoms. The highest BCUT2D eigenvalue weighted by Gasteiger charge is 2.35. The maximum Gasteiger partial charge on any atom is 0.222 e. The predicted molar refractivity (Wildman–Crippen MR) is 191 cm³/mol. The van der Waals surface area contributed by atoms with E-state index >= 15 is 0 Å². The van der Waals surface area contributed by atoms with Crippen LogP contribution in [-0.4, -0.2) is 95.4 Å². The first-order valence-corrected chi connectivity index (χ1v) is 17.8. The van der Waals surface area contributed by atoms with Crippen molar-refractivity contribution in [2.24, 2.45) is 5.92 Å². The average Bonchev–Trinajstić information content (AvgIpc) is 3.35. The molecule has 2 saturated heterocycles. The van der Waals surface area contributed by atoms with Gasteiger partial charge in [-0.15, -0.1) is 0 Å². The molecule has 2 aromatic carbocycles. The molecule has 2 N–H and O–H groups in total. The number of carbonyl (C=O) groups is 2. The fraction of sp³-hybridized carbons (Fsp3) is 0.605. The zero-order valence-corrected chi connectivity index (χ0v) is 29.9. The van der Waals surface area contributed by atoms with E-state index in [2.05, 4.69) is 15.5 Å². The van der Waals surface area contributed by atoms with Crippen LogP contribution >= 0.6 is 0 Å². The van der Waals surface area contributed by atoms with Crippen LogP contribution in [0.4, 0.5) is 5.69 Å². The molecule has 2 aromatic rings. The molecule has 0 bridgehead atoms. The Bertz CT molecular complexity index is 1530. The summed E-state index contributed by atoms with van der Waals surface area (Å²) in [4.78, 5) is 44.1. The van der Waals surface area contributed by atoms with Crippen LogP contribution in [0.2, 0.25) is 0 Å². The summed E-state index contributed by atoms with van der Waals surface area (Å²) in [6, 6.07) is 7.43. The van der Waals surface area contributed by atoms with Gasteiger partial charge in [0.25, 0.3) is 0 Å². The van der Waals surface area contributed by atoms with Crippen molar-refractivity contribution >= 4 is 17.5 Å². The zero-order valence-electron chi connectivity index (χ0n) is 29.9. The number of nitrogens with one attached hydrogen (secondary N) is 2. The molecule has 1 aliphatic carbocycles. The van der Waals surface area contributed by atoms with Gasteiger partial charge in [0.2, 0.25) is 23.0 Å². The first kappa shape index (κ1) is 36.5. The molecule has 3 atom stereocenters. The fourth-order valence-electron chi connectivity index (χ4n) is 8.07. The van der Waals surface area contributed by atoms with Gasteiger partial charge < -0.3 is 39.4 Å². The number of fused-ring (bicyclic) bond motifs is 4. The molecule has 2 amide bonds. The zero-order chi connectivity index (χ0) is 34.9. The van der Waals surface area contributed by atoms with Crippen molar-refractivity contribution in [3.63, 3.8) is 0 Å². The molecular formula is C38H54N4O7. The van der Waals surface area contributed by atoms with Gasteiger partial charge in [0.1, 0.15) is 0 Å². The number of anilines is 1. The maximum atomic E-state index is 13.7. The lowest BCUT2D eigenvalue weighted by Gasteiger charge is -2.45. The molecule has 2 fully saturated rings. The monoisotopic (exact) mass is 678 g/mol. The lowest BCUT2D eigenvalue weighted by atomic mass is 9.83. The van der Waals surface area contributed by atoms with Crippen molar-refractivity contribution in [3.05, 3.63) is 45.6 Å². The van der Waals surface area contributed by atoms with Gasteiger partial charge in [0.15, 0.2) is 11.5 Å². The Labute approximate surface area is 290 Å². The van der Waals surface area contributed by atoms with Crippen molar-refractivity contribution in [2.45, 2.75) is 76.8 Å². The van der Waals surface area contributed by atoms with E-state index in [4.69, 9.17) is 18.9 Å². The number of amides is 2. The van der Waals surface area contributed by atoms with Crippen LogP contribution in [0.1, 0.15) is 75.5 Å². The SMILES string of the molecule is COCCN(C[C@@H]1CCCN2CCCC[C@H]12)C(=O)CCCNc1ccc2c(cc1=O)[C@@H](NC(C)=O)CCc1cc(OC)c(OC)c(OC)c1-2. The number of hydrogen-bond acceptors (Lipinski definition) is 9. The molecule has 2 aliphatic heterocycles. The summed E-state index contributed by atoms with van der Waals surface area (Å²) in [6.45, 7) is 6.19. The largest absolute Gasteiger partial charge is 0.493 e. The summed E-state index contributed by atoms with van der Waals surface area (Å²) in [5.74, 6) is 1.98. The summed E-state index contributed by atoms with van der Waals surface area (Å²) in [7, 11) is 6.41. The van der Waals surface area contributed by atoms with Crippen molar-refractivity contribution < 1.29 is 28.5 Å². The fourth-order valence-corrected chi connectivity index (χ4v) is 8.07. The second-order valence-electron chi connectivity index (χ2n) is 13.5. The average molecular weight is 679 g/mol. The van der Waals surface area contributed by atoms with Crippen LogP contribution in [0, 0.1) is 5.92 Å². The summed E-state index contributed by atoms with van der Waals surface area (Å²) < 4.78 is 22.6. The minimum atomic E-state index is -0.380. The molecule has 268 valence electrons. The van der Waals surface area contributed by atoms with Gasteiger partial charge in [-0.25, -0.2) is 0 Å². The molecule has 11 heteroatoms. The van der Waals surface area contributed by atoms with E-state index in [0.717, 1.165) is 23.2 Å². The summed E-state index contributed by atoms with van der Waals surface area (Å²) in [5, 5.41) is 6.35. The quantitative estimate of drug-likeness (QED) is 0.272. The second-order valence-corrected chi connectivity index (χ2v) is 13.5. The number of nitrogens with zero attached hydrogens (tertiary/aromatic N) is 2. The summed E-state index contributed by atoms with van der Waals surface area (Å²) >= 11 is 0. The molecular weight excluding hydrogens is 624 g/mol. The van der Waals surface area contributed by atoms with Crippen LogP contribution in [0.15, 0.2) is 29.1 Å². The Kier molecular flexibility index (Phi) is 12.8. The number of hydrogen-bond donors (Lipinski definition) is 2. The number of methoxy groups -OCH3 is 4. The van der Waals surface area contributed by atoms with Crippen molar-refractivity contribution in [1.29, 1.82) is 0 Å². The van der Waals surface area contributed by atoms with Gasteiger partial charge >= 0.3 is 0 Å². The third-order valence-corrected chi connectivity index (χ3v) is 10.4. The van der Waals surface area contributed by atoms with E-state index in [-0.39, 0.29) is 23.3 Å². The van der Waals surface area contributed by atoms with Crippen molar-refractivity contribution in [1.82, 2.24) is 15.1 Å². The third kappa shape index (κ3) is 8.49. The smallest absolute Gasteiger partial charge is 0.222 e. The number of rotatable bonds is 14. The Morgan fingerprint density at radius 2 is 1.76 bits per heavy atom. The standard InChI is InChI=1S/C38H54N4O7/c1-25(43)40-30-15-13-26-22-34(47-3)37(48-4)38(49-5)36(26)28-14-16-31(33(44)23-29(28)30)39-17-8-12-35(45)42(20-21-46-2)24-27-10-9-19-41-18-7-6-11-32(27)41/h14,16,22-23,27,30,32H,6-13,15,17-21,24H2,1-5H3,(H,39,44)(H,40,43)/t27-,30-,32+/m0/s1. The molecule has 0 spiro atoms. The Hall–Kier alpha value is -3.83. The third-order valence-electron chi connectivity index (χ3n) is 10.4. The molecule has 0 saturated carbocycles. The lowest BCUT2D eigenvalue weighted by Crippen LogP contribution is -2.52. The van der Waals surface area contributed by atoms with E-state index in [1.165, 1.54) is 52.1 Å². The van der Waals surface area contributed by atoms with Crippen LogP contribution in [0.5, 0.6) is 17.2 Å². The Morgan fingerprint density at radius 3 is 2.49 bits per heavy atom. The Morgan fingerprint density at radius 1 is 0.959 bits per heavy atom. The number of benzene rings is 1. The number of aryl methyl sites for hydroxylation is 1. The first-order chi connectivity index (χ1) is 23.8. The van der Waals surface area contributed by atoms with Gasteiger partial charge in [-0.1, -0.05) is 12.5 Å². The van der Waals surface area contributed by atoms with Gasteiger partial charge in [0.05, 0.1) is 39.7 Å². The minimum Gasteiger partial charge on any atom is -0.493 e. The van der Waals surface area contributed by atoms with Crippen molar-refractivity contribution in [2.75, 3.05) is 73.1 Å². The van der Waals surface area contributed by atoms with E-state index in [0.29, 0.717) is 85.8 Å². The van der Waals surface area contributed by atoms with E-state index in [1.54, 1.807) is 40.6 Å². The number of piperidine rings is 2. The second kappa shape index (κ2) is 17.2. The molecule has 3 aliphatic rings. The molecule has 0 aromatic heterocycles. The number of carbonyl (C=O) groups excluding carboxylic acids is 2. The van der Waals surface area contributed by atoms with Gasteiger partial charge in [-0.2, -0.15) is 0 Å². The summed E-state index contributed by atoms with van der Waals surface area (Å²) in [6.07, 6.45) is 8.32. The molecule has 5 rings (SSSR count). The molecule has 0 unspecified atom stereocenters. The van der Waals surface area contributed by atoms with Gasteiger partial charge in [-0.3, -0.25) is 14.4 Å². The minimum absolute atomic E-state index is 0.130. The maximum absolute atomic E-state index is 13.7. The highest BCUT2D eigenvalue weighted by atomic mass is 16.5. The molecule has 2 heterocycles. The van der Waals surface area contributed by atoms with Crippen LogP contribution < -0.4 is 30.3 Å². The van der Waals surface area contributed by atoms with E-state index in [9.17, 15) is 14.4 Å². The van der Waals surface area contributed by atoms with Gasteiger partial charge in [0, 0.05) is 51.7 Å². The van der Waals surface area contributed by atoms with Gasteiger partial charge in [-0.05, 0) is 98.8 Å². The van der Waals surface area contributed by atoms with Crippen molar-refractivity contribution in [3.8, 4) is 28.4 Å². The Balaban J connectivity index is 1.33. The highest BCUT2D eigenvalue weighted by molar-refractivity contribution is 5.84.